The minimum absolute atomic E-state index is 0.221. The third-order valence-electron chi connectivity index (χ3n) is 4.30. The molecule has 0 bridgehead atoms. The fourth-order valence-corrected chi connectivity index (χ4v) is 2.93. The standard InChI is InChI=1S/C16H26N2O/c1-12-7-13(2)9-15(8-12)18-6-5-14(3)17(4)16(10-18)11-19/h7-9,14,16,19H,5-6,10-11H2,1-4H3. The number of anilines is 1. The van der Waals surface area contributed by atoms with Crippen molar-refractivity contribution in [1.82, 2.24) is 4.90 Å². The predicted octanol–water partition coefficient (Wildman–Crippen LogP) is 2.19. The molecule has 2 rings (SSSR count). The van der Waals surface area contributed by atoms with Gasteiger partial charge >= 0.3 is 0 Å². The Labute approximate surface area is 116 Å². The van der Waals surface area contributed by atoms with Crippen molar-refractivity contribution in [3.63, 3.8) is 0 Å². The minimum atomic E-state index is 0.221. The maximum absolute atomic E-state index is 9.61. The Morgan fingerprint density at radius 3 is 2.42 bits per heavy atom. The molecule has 2 atom stereocenters. The van der Waals surface area contributed by atoms with Crippen molar-refractivity contribution in [2.24, 2.45) is 0 Å². The first-order chi connectivity index (χ1) is 9.01. The Morgan fingerprint density at radius 1 is 1.21 bits per heavy atom. The molecule has 3 heteroatoms. The Kier molecular flexibility index (Phi) is 4.48. The number of hydrogen-bond acceptors (Lipinski definition) is 3. The van der Waals surface area contributed by atoms with Crippen molar-refractivity contribution in [1.29, 1.82) is 0 Å². The van der Waals surface area contributed by atoms with Gasteiger partial charge in [0.2, 0.25) is 0 Å². The smallest absolute Gasteiger partial charge is 0.0604 e. The van der Waals surface area contributed by atoms with Gasteiger partial charge in [0.15, 0.2) is 0 Å². The van der Waals surface area contributed by atoms with E-state index in [4.69, 9.17) is 0 Å². The highest BCUT2D eigenvalue weighted by molar-refractivity contribution is 5.51. The highest BCUT2D eigenvalue weighted by Crippen LogP contribution is 2.23. The molecule has 0 spiro atoms. The highest BCUT2D eigenvalue weighted by Gasteiger charge is 2.26. The van der Waals surface area contributed by atoms with E-state index >= 15 is 0 Å². The van der Waals surface area contributed by atoms with Crippen LogP contribution < -0.4 is 4.90 Å². The second-order valence-corrected chi connectivity index (χ2v) is 5.93. The molecule has 0 aromatic heterocycles. The van der Waals surface area contributed by atoms with Gasteiger partial charge in [0.25, 0.3) is 0 Å². The van der Waals surface area contributed by atoms with Crippen LogP contribution in [-0.2, 0) is 0 Å². The highest BCUT2D eigenvalue weighted by atomic mass is 16.3. The third-order valence-corrected chi connectivity index (χ3v) is 4.30. The molecule has 0 radical (unpaired) electrons. The van der Waals surface area contributed by atoms with E-state index in [9.17, 15) is 5.11 Å². The lowest BCUT2D eigenvalue weighted by molar-refractivity contribution is 0.127. The van der Waals surface area contributed by atoms with Crippen molar-refractivity contribution >= 4 is 5.69 Å². The molecule has 0 aliphatic carbocycles. The van der Waals surface area contributed by atoms with Crippen LogP contribution in [-0.4, -0.2) is 48.8 Å². The maximum atomic E-state index is 9.61. The Bertz CT molecular complexity index is 413. The molecule has 1 saturated heterocycles. The van der Waals surface area contributed by atoms with Gasteiger partial charge in [-0.15, -0.1) is 0 Å². The lowest BCUT2D eigenvalue weighted by Gasteiger charge is -2.31. The summed E-state index contributed by atoms with van der Waals surface area (Å²) in [7, 11) is 2.12. The number of likely N-dealkylation sites (N-methyl/N-ethyl adjacent to an activating group) is 1. The molecule has 19 heavy (non-hydrogen) atoms. The molecular formula is C16H26N2O. The van der Waals surface area contributed by atoms with Crippen LogP contribution in [0.4, 0.5) is 5.69 Å². The summed E-state index contributed by atoms with van der Waals surface area (Å²) in [5, 5.41) is 9.61. The maximum Gasteiger partial charge on any atom is 0.0604 e. The van der Waals surface area contributed by atoms with Crippen molar-refractivity contribution in [3.05, 3.63) is 29.3 Å². The van der Waals surface area contributed by atoms with Crippen molar-refractivity contribution in [2.75, 3.05) is 31.6 Å². The molecule has 106 valence electrons. The lowest BCUT2D eigenvalue weighted by Crippen LogP contribution is -2.44. The van der Waals surface area contributed by atoms with Crippen LogP contribution in [0.5, 0.6) is 0 Å². The summed E-state index contributed by atoms with van der Waals surface area (Å²) in [6, 6.07) is 7.44. The first-order valence-corrected chi connectivity index (χ1v) is 7.17. The summed E-state index contributed by atoms with van der Waals surface area (Å²) < 4.78 is 0. The van der Waals surface area contributed by atoms with Crippen molar-refractivity contribution in [2.45, 2.75) is 39.3 Å². The normalized spacial score (nSPS) is 25.4. The zero-order valence-corrected chi connectivity index (χ0v) is 12.6. The van der Waals surface area contributed by atoms with Gasteiger partial charge in [0.05, 0.1) is 12.6 Å². The largest absolute Gasteiger partial charge is 0.395 e. The fourth-order valence-electron chi connectivity index (χ4n) is 2.93. The van der Waals surface area contributed by atoms with Crippen LogP contribution in [0.3, 0.4) is 0 Å². The van der Waals surface area contributed by atoms with Crippen LogP contribution in [0, 0.1) is 13.8 Å². The van der Waals surface area contributed by atoms with Gasteiger partial charge in [-0.05, 0) is 57.5 Å². The van der Waals surface area contributed by atoms with Crippen molar-refractivity contribution in [3.8, 4) is 0 Å². The fraction of sp³-hybridized carbons (Fsp3) is 0.625. The van der Waals surface area contributed by atoms with E-state index in [2.05, 4.69) is 55.8 Å². The zero-order chi connectivity index (χ0) is 14.0. The second-order valence-electron chi connectivity index (χ2n) is 5.93. The molecule has 1 N–H and O–H groups in total. The Morgan fingerprint density at radius 2 is 1.84 bits per heavy atom. The van der Waals surface area contributed by atoms with E-state index in [-0.39, 0.29) is 12.6 Å². The van der Waals surface area contributed by atoms with Crippen LogP contribution in [0.2, 0.25) is 0 Å². The van der Waals surface area contributed by atoms with Gasteiger partial charge in [-0.3, -0.25) is 4.90 Å². The molecule has 1 aromatic rings. The second kappa shape index (κ2) is 5.93. The van der Waals surface area contributed by atoms with E-state index in [1.165, 1.54) is 16.8 Å². The van der Waals surface area contributed by atoms with Gasteiger partial charge in [0.1, 0.15) is 0 Å². The van der Waals surface area contributed by atoms with E-state index in [0.717, 1.165) is 19.5 Å². The summed E-state index contributed by atoms with van der Waals surface area (Å²) >= 11 is 0. The lowest BCUT2D eigenvalue weighted by atomic mass is 10.1. The number of nitrogens with zero attached hydrogens (tertiary/aromatic N) is 2. The van der Waals surface area contributed by atoms with Crippen molar-refractivity contribution < 1.29 is 5.11 Å². The van der Waals surface area contributed by atoms with Gasteiger partial charge < -0.3 is 10.0 Å². The summed E-state index contributed by atoms with van der Waals surface area (Å²) in [5.74, 6) is 0. The number of aliphatic hydroxyl groups is 1. The minimum Gasteiger partial charge on any atom is -0.395 e. The van der Waals surface area contributed by atoms with E-state index in [1.807, 2.05) is 0 Å². The molecule has 1 aliphatic rings. The zero-order valence-electron chi connectivity index (χ0n) is 12.6. The molecule has 1 heterocycles. The molecule has 1 aliphatic heterocycles. The van der Waals surface area contributed by atoms with Gasteiger partial charge in [-0.2, -0.15) is 0 Å². The van der Waals surface area contributed by atoms with Crippen LogP contribution in [0.1, 0.15) is 24.5 Å². The summed E-state index contributed by atoms with van der Waals surface area (Å²) in [6.45, 7) is 8.72. The molecule has 0 amide bonds. The van der Waals surface area contributed by atoms with Crippen LogP contribution >= 0.6 is 0 Å². The predicted molar refractivity (Wildman–Crippen MR) is 80.8 cm³/mol. The quantitative estimate of drug-likeness (QED) is 0.885. The SMILES string of the molecule is Cc1cc(C)cc(N2CCC(C)N(C)C(CO)C2)c1. The average Bonchev–Trinajstić information content (AvgIpc) is 2.49. The number of benzene rings is 1. The molecule has 2 unspecified atom stereocenters. The third kappa shape index (κ3) is 3.28. The van der Waals surface area contributed by atoms with Crippen LogP contribution in [0.15, 0.2) is 18.2 Å². The number of hydrogen-bond donors (Lipinski definition) is 1. The molecule has 1 aromatic carbocycles. The molecule has 0 saturated carbocycles. The van der Waals surface area contributed by atoms with E-state index in [1.54, 1.807) is 0 Å². The van der Waals surface area contributed by atoms with E-state index < -0.39 is 0 Å². The molecule has 3 nitrogen and oxygen atoms in total. The summed E-state index contributed by atoms with van der Waals surface area (Å²) in [5.41, 5.74) is 3.90. The summed E-state index contributed by atoms with van der Waals surface area (Å²) in [4.78, 5) is 4.73. The van der Waals surface area contributed by atoms with Gasteiger partial charge in [-0.1, -0.05) is 6.07 Å². The van der Waals surface area contributed by atoms with Crippen LogP contribution in [0.25, 0.3) is 0 Å². The Balaban J connectivity index is 2.24. The average molecular weight is 262 g/mol. The first-order valence-electron chi connectivity index (χ1n) is 7.17. The monoisotopic (exact) mass is 262 g/mol. The topological polar surface area (TPSA) is 26.7 Å². The number of aliphatic hydroxyl groups excluding tert-OH is 1. The van der Waals surface area contributed by atoms with Gasteiger partial charge in [0, 0.05) is 24.8 Å². The number of aryl methyl sites for hydroxylation is 2. The first kappa shape index (κ1) is 14.4. The molecule has 1 fully saturated rings. The number of rotatable bonds is 2. The van der Waals surface area contributed by atoms with Gasteiger partial charge in [-0.25, -0.2) is 0 Å². The summed E-state index contributed by atoms with van der Waals surface area (Å²) in [6.07, 6.45) is 1.14. The Hall–Kier alpha value is -1.06. The van der Waals surface area contributed by atoms with E-state index in [0.29, 0.717) is 6.04 Å². The molecular weight excluding hydrogens is 236 g/mol.